The zero-order valence-electron chi connectivity index (χ0n) is 17.4. The van der Waals surface area contributed by atoms with E-state index < -0.39 is 5.91 Å². The number of phenols is 2. The molecular formula is C23H27N5O3. The molecule has 0 aromatic heterocycles. The highest BCUT2D eigenvalue weighted by molar-refractivity contribution is 5.97. The second kappa shape index (κ2) is 9.85. The molecule has 8 heteroatoms. The minimum Gasteiger partial charge on any atom is -0.508 e. The van der Waals surface area contributed by atoms with Crippen LogP contribution in [-0.4, -0.2) is 41.7 Å². The number of nitriles is 1. The van der Waals surface area contributed by atoms with E-state index in [1.807, 2.05) is 18.2 Å². The summed E-state index contributed by atoms with van der Waals surface area (Å²) in [7, 11) is 1.71. The number of nitrogens with one attached hydrogen (secondary N) is 3. The standard InChI is InChI=1S/C23H27N5O3/c1-25-22(27-15-24)28-17-9-11-23(12-10-17,16-5-3-2-4-6-16)14-26-21(31)19-13-18(29)7-8-20(19)30/h2-8,13,17,29-30H,9-12,14H2,1H3,(H,26,31)(H2,25,27,28)/t17-,23-. The van der Waals surface area contributed by atoms with Gasteiger partial charge in [-0.3, -0.25) is 4.79 Å². The molecule has 1 saturated carbocycles. The molecule has 0 saturated heterocycles. The van der Waals surface area contributed by atoms with E-state index in [0.29, 0.717) is 12.5 Å². The number of phenolic OH excluding ortho intramolecular Hbond substituents is 2. The predicted molar refractivity (Wildman–Crippen MR) is 118 cm³/mol. The van der Waals surface area contributed by atoms with Crippen LogP contribution in [0.1, 0.15) is 41.6 Å². The summed E-state index contributed by atoms with van der Waals surface area (Å²) in [4.78, 5) is 16.4. The second-order valence-electron chi connectivity index (χ2n) is 7.76. The number of amides is 1. The van der Waals surface area contributed by atoms with E-state index >= 15 is 0 Å². The summed E-state index contributed by atoms with van der Waals surface area (Å²) in [5, 5.41) is 37.5. The summed E-state index contributed by atoms with van der Waals surface area (Å²) in [6.45, 7) is 0.406. The molecule has 1 fully saturated rings. The first-order valence-corrected chi connectivity index (χ1v) is 10.2. The fourth-order valence-corrected chi connectivity index (χ4v) is 4.13. The SMILES string of the molecule is CN/C(=N\C#N)N[C@H]1CC[C@](CNC(=O)c2cc(O)ccc2O)(c2ccccc2)CC1. The van der Waals surface area contributed by atoms with Crippen LogP contribution in [0.3, 0.4) is 0 Å². The van der Waals surface area contributed by atoms with Crippen molar-refractivity contribution < 1.29 is 15.0 Å². The minimum atomic E-state index is -0.428. The van der Waals surface area contributed by atoms with E-state index in [2.05, 4.69) is 33.1 Å². The zero-order valence-corrected chi connectivity index (χ0v) is 17.4. The van der Waals surface area contributed by atoms with Crippen molar-refractivity contribution in [2.75, 3.05) is 13.6 Å². The van der Waals surface area contributed by atoms with Crippen LogP contribution in [-0.2, 0) is 5.41 Å². The van der Waals surface area contributed by atoms with Crippen molar-refractivity contribution in [3.8, 4) is 17.7 Å². The Kier molecular flexibility index (Phi) is 6.98. The van der Waals surface area contributed by atoms with Crippen LogP contribution in [0, 0.1) is 11.5 Å². The lowest BCUT2D eigenvalue weighted by atomic mass is 9.68. The van der Waals surface area contributed by atoms with E-state index in [9.17, 15) is 15.0 Å². The highest BCUT2D eigenvalue weighted by Crippen LogP contribution is 2.39. The summed E-state index contributed by atoms with van der Waals surface area (Å²) < 4.78 is 0. The third kappa shape index (κ3) is 5.25. The fraction of sp³-hybridized carbons (Fsp3) is 0.348. The van der Waals surface area contributed by atoms with Crippen molar-refractivity contribution in [1.82, 2.24) is 16.0 Å². The van der Waals surface area contributed by atoms with Crippen molar-refractivity contribution >= 4 is 11.9 Å². The van der Waals surface area contributed by atoms with Crippen molar-refractivity contribution in [2.24, 2.45) is 4.99 Å². The van der Waals surface area contributed by atoms with Gasteiger partial charge in [0.25, 0.3) is 5.91 Å². The lowest BCUT2D eigenvalue weighted by Gasteiger charge is -2.41. The van der Waals surface area contributed by atoms with E-state index in [0.717, 1.165) is 31.2 Å². The van der Waals surface area contributed by atoms with Gasteiger partial charge in [0.2, 0.25) is 12.2 Å². The molecule has 31 heavy (non-hydrogen) atoms. The average Bonchev–Trinajstić information content (AvgIpc) is 2.80. The van der Waals surface area contributed by atoms with E-state index in [-0.39, 0.29) is 28.5 Å². The summed E-state index contributed by atoms with van der Waals surface area (Å²) in [6, 6.07) is 14.1. The number of hydrogen-bond acceptors (Lipinski definition) is 5. The molecule has 1 aliphatic carbocycles. The third-order valence-corrected chi connectivity index (χ3v) is 5.88. The molecule has 0 atom stereocenters. The van der Waals surface area contributed by atoms with E-state index in [4.69, 9.17) is 5.26 Å². The molecule has 2 aromatic carbocycles. The highest BCUT2D eigenvalue weighted by atomic mass is 16.3. The van der Waals surface area contributed by atoms with Gasteiger partial charge in [-0.05, 0) is 49.4 Å². The number of carbonyl (C=O) groups excluding carboxylic acids is 1. The van der Waals surface area contributed by atoms with Crippen molar-refractivity contribution in [3.05, 3.63) is 59.7 Å². The van der Waals surface area contributed by atoms with Gasteiger partial charge in [-0.25, -0.2) is 0 Å². The Morgan fingerprint density at radius 1 is 1.19 bits per heavy atom. The number of nitrogens with zero attached hydrogens (tertiary/aromatic N) is 2. The van der Waals surface area contributed by atoms with Crippen LogP contribution >= 0.6 is 0 Å². The fourth-order valence-electron chi connectivity index (χ4n) is 4.13. The monoisotopic (exact) mass is 421 g/mol. The van der Waals surface area contributed by atoms with Crippen molar-refractivity contribution in [2.45, 2.75) is 37.1 Å². The Balaban J connectivity index is 1.74. The molecule has 0 unspecified atom stereocenters. The van der Waals surface area contributed by atoms with Gasteiger partial charge < -0.3 is 26.2 Å². The average molecular weight is 422 g/mol. The molecule has 8 nitrogen and oxygen atoms in total. The van der Waals surface area contributed by atoms with Gasteiger partial charge in [0.05, 0.1) is 5.56 Å². The van der Waals surface area contributed by atoms with E-state index in [1.54, 1.807) is 13.2 Å². The van der Waals surface area contributed by atoms with Crippen LogP contribution < -0.4 is 16.0 Å². The quantitative estimate of drug-likeness (QED) is 0.218. The topological polar surface area (TPSA) is 130 Å². The van der Waals surface area contributed by atoms with E-state index in [1.165, 1.54) is 18.2 Å². The number of benzene rings is 2. The zero-order chi connectivity index (χ0) is 22.3. The van der Waals surface area contributed by atoms with Crippen LogP contribution in [0.4, 0.5) is 0 Å². The summed E-state index contributed by atoms with van der Waals surface area (Å²) in [5.74, 6) is -0.227. The number of aromatic hydroxyl groups is 2. The van der Waals surface area contributed by atoms with Crippen molar-refractivity contribution in [3.63, 3.8) is 0 Å². The predicted octanol–water partition coefficient (Wildman–Crippen LogP) is 2.35. The Bertz CT molecular complexity index is 976. The van der Waals surface area contributed by atoms with Crippen LogP contribution in [0.25, 0.3) is 0 Å². The minimum absolute atomic E-state index is 0.0462. The van der Waals surface area contributed by atoms with Gasteiger partial charge in [0.15, 0.2) is 0 Å². The van der Waals surface area contributed by atoms with Gasteiger partial charge in [-0.1, -0.05) is 30.3 Å². The number of hydrogen-bond donors (Lipinski definition) is 5. The molecule has 0 heterocycles. The normalized spacial score (nSPS) is 21.0. The third-order valence-electron chi connectivity index (χ3n) is 5.88. The molecule has 0 bridgehead atoms. The second-order valence-corrected chi connectivity index (χ2v) is 7.76. The Morgan fingerprint density at radius 2 is 1.90 bits per heavy atom. The molecular weight excluding hydrogens is 394 g/mol. The smallest absolute Gasteiger partial charge is 0.255 e. The lowest BCUT2D eigenvalue weighted by Crippen LogP contribution is -2.49. The molecule has 0 aliphatic heterocycles. The first-order chi connectivity index (χ1) is 15.0. The summed E-state index contributed by atoms with van der Waals surface area (Å²) >= 11 is 0. The number of carbonyl (C=O) groups is 1. The van der Waals surface area contributed by atoms with Gasteiger partial charge >= 0.3 is 0 Å². The lowest BCUT2D eigenvalue weighted by molar-refractivity contribution is 0.0932. The molecule has 162 valence electrons. The maximum atomic E-state index is 12.7. The Hall–Kier alpha value is -3.73. The summed E-state index contributed by atoms with van der Waals surface area (Å²) in [5.41, 5.74) is 0.937. The molecule has 0 spiro atoms. The van der Waals surface area contributed by atoms with Gasteiger partial charge in [-0.15, -0.1) is 4.99 Å². The van der Waals surface area contributed by atoms with Crippen LogP contribution in [0.5, 0.6) is 11.5 Å². The highest BCUT2D eigenvalue weighted by Gasteiger charge is 2.37. The van der Waals surface area contributed by atoms with Crippen molar-refractivity contribution in [1.29, 1.82) is 5.26 Å². The Morgan fingerprint density at radius 3 is 2.55 bits per heavy atom. The van der Waals surface area contributed by atoms with Crippen LogP contribution in [0.15, 0.2) is 53.5 Å². The molecule has 1 aliphatic rings. The molecule has 1 amide bonds. The van der Waals surface area contributed by atoms with Gasteiger partial charge in [-0.2, -0.15) is 5.26 Å². The van der Waals surface area contributed by atoms with Crippen LogP contribution in [0.2, 0.25) is 0 Å². The molecule has 5 N–H and O–H groups in total. The number of guanidine groups is 1. The number of aliphatic imine (C=N–C) groups is 1. The molecule has 3 rings (SSSR count). The van der Waals surface area contributed by atoms with Gasteiger partial charge in [0, 0.05) is 25.0 Å². The number of rotatable bonds is 5. The first kappa shape index (κ1) is 22.0. The summed E-state index contributed by atoms with van der Waals surface area (Å²) in [6.07, 6.45) is 5.12. The maximum Gasteiger partial charge on any atom is 0.255 e. The molecule has 0 radical (unpaired) electrons. The largest absolute Gasteiger partial charge is 0.508 e. The van der Waals surface area contributed by atoms with Gasteiger partial charge in [0.1, 0.15) is 11.5 Å². The first-order valence-electron chi connectivity index (χ1n) is 10.2. The molecule has 2 aromatic rings. The Labute approximate surface area is 181 Å². The maximum absolute atomic E-state index is 12.7.